The smallest absolute Gasteiger partial charge is 0.237 e. The van der Waals surface area contributed by atoms with Crippen molar-refractivity contribution in [2.24, 2.45) is 11.7 Å². The van der Waals surface area contributed by atoms with Crippen molar-refractivity contribution in [1.82, 2.24) is 5.32 Å². The first-order valence-electron chi connectivity index (χ1n) is 5.04. The minimum atomic E-state index is -0.383. The minimum absolute atomic E-state index is 0.0337. The third kappa shape index (κ3) is 5.50. The minimum Gasteiger partial charge on any atom is -0.352 e. The van der Waals surface area contributed by atoms with Crippen molar-refractivity contribution in [3.63, 3.8) is 0 Å². The van der Waals surface area contributed by atoms with E-state index in [9.17, 15) is 4.79 Å². The second-order valence-electron chi connectivity index (χ2n) is 3.96. The Kier molecular flexibility index (Phi) is 7.01. The van der Waals surface area contributed by atoms with E-state index in [0.29, 0.717) is 0 Å². The molecule has 0 heterocycles. The van der Waals surface area contributed by atoms with Gasteiger partial charge in [0.15, 0.2) is 0 Å². The molecule has 0 aromatic carbocycles. The standard InChI is InChI=1S/C10H22N2OS/c1-7(2)9(11)10(13)12-8(3)5-6-14-4/h7-9H,5-6,11H2,1-4H3,(H,12,13)/t8?,9-/m1/s1. The summed E-state index contributed by atoms with van der Waals surface area (Å²) >= 11 is 1.79. The fourth-order valence-electron chi connectivity index (χ4n) is 1.01. The van der Waals surface area contributed by atoms with Crippen molar-refractivity contribution in [3.05, 3.63) is 0 Å². The van der Waals surface area contributed by atoms with Crippen LogP contribution in [0.25, 0.3) is 0 Å². The maximum atomic E-state index is 11.5. The molecule has 0 rings (SSSR count). The van der Waals surface area contributed by atoms with E-state index in [4.69, 9.17) is 5.73 Å². The van der Waals surface area contributed by atoms with Gasteiger partial charge in [-0.1, -0.05) is 13.8 Å². The van der Waals surface area contributed by atoms with E-state index in [1.54, 1.807) is 11.8 Å². The van der Waals surface area contributed by atoms with Crippen molar-refractivity contribution in [1.29, 1.82) is 0 Å². The van der Waals surface area contributed by atoms with E-state index in [0.717, 1.165) is 12.2 Å². The van der Waals surface area contributed by atoms with Crippen molar-refractivity contribution in [3.8, 4) is 0 Å². The van der Waals surface area contributed by atoms with Crippen LogP contribution in [0.5, 0.6) is 0 Å². The molecule has 1 amide bonds. The number of rotatable bonds is 6. The molecule has 14 heavy (non-hydrogen) atoms. The van der Waals surface area contributed by atoms with Gasteiger partial charge in [-0.25, -0.2) is 0 Å². The van der Waals surface area contributed by atoms with Gasteiger partial charge < -0.3 is 11.1 Å². The first kappa shape index (κ1) is 13.8. The molecule has 0 aliphatic carbocycles. The van der Waals surface area contributed by atoms with E-state index in [1.165, 1.54) is 0 Å². The molecule has 3 nitrogen and oxygen atoms in total. The van der Waals surface area contributed by atoms with E-state index in [1.807, 2.05) is 20.8 Å². The van der Waals surface area contributed by atoms with Gasteiger partial charge in [-0.3, -0.25) is 4.79 Å². The number of carbonyl (C=O) groups is 1. The third-order valence-corrected chi connectivity index (χ3v) is 2.81. The molecule has 3 N–H and O–H groups in total. The Bertz CT molecular complexity index is 174. The van der Waals surface area contributed by atoms with Crippen LogP contribution in [0.3, 0.4) is 0 Å². The van der Waals surface area contributed by atoms with Gasteiger partial charge in [-0.15, -0.1) is 0 Å². The van der Waals surface area contributed by atoms with Crippen LogP contribution in [0, 0.1) is 5.92 Å². The van der Waals surface area contributed by atoms with Crippen LogP contribution < -0.4 is 11.1 Å². The van der Waals surface area contributed by atoms with E-state index < -0.39 is 0 Å². The van der Waals surface area contributed by atoms with E-state index in [-0.39, 0.29) is 23.9 Å². The van der Waals surface area contributed by atoms with Gasteiger partial charge in [0.2, 0.25) is 5.91 Å². The van der Waals surface area contributed by atoms with Crippen LogP contribution in [0.4, 0.5) is 0 Å². The largest absolute Gasteiger partial charge is 0.352 e. The van der Waals surface area contributed by atoms with Gasteiger partial charge in [-0.2, -0.15) is 11.8 Å². The molecule has 0 aromatic heterocycles. The van der Waals surface area contributed by atoms with E-state index >= 15 is 0 Å². The molecule has 1 unspecified atom stereocenters. The molecule has 0 fully saturated rings. The monoisotopic (exact) mass is 218 g/mol. The second-order valence-corrected chi connectivity index (χ2v) is 4.95. The Morgan fingerprint density at radius 2 is 2.00 bits per heavy atom. The van der Waals surface area contributed by atoms with E-state index in [2.05, 4.69) is 11.6 Å². The summed E-state index contributed by atoms with van der Waals surface area (Å²) in [5, 5.41) is 2.92. The summed E-state index contributed by atoms with van der Waals surface area (Å²) in [6.07, 6.45) is 3.06. The fourth-order valence-corrected chi connectivity index (χ4v) is 1.60. The Morgan fingerprint density at radius 3 is 2.43 bits per heavy atom. The highest BCUT2D eigenvalue weighted by molar-refractivity contribution is 7.98. The number of carbonyl (C=O) groups excluding carboxylic acids is 1. The van der Waals surface area contributed by atoms with Crippen LogP contribution in [-0.4, -0.2) is 30.0 Å². The molecule has 0 bridgehead atoms. The average molecular weight is 218 g/mol. The number of nitrogens with one attached hydrogen (secondary N) is 1. The Morgan fingerprint density at radius 1 is 1.43 bits per heavy atom. The van der Waals surface area contributed by atoms with Gasteiger partial charge in [-0.05, 0) is 31.3 Å². The Labute approximate surface area is 91.2 Å². The first-order valence-corrected chi connectivity index (χ1v) is 6.43. The van der Waals surface area contributed by atoms with Crippen LogP contribution in [0.15, 0.2) is 0 Å². The topological polar surface area (TPSA) is 55.1 Å². The summed E-state index contributed by atoms with van der Waals surface area (Å²) in [6.45, 7) is 5.93. The molecule has 0 aromatic rings. The first-order chi connectivity index (χ1) is 6.49. The Balaban J connectivity index is 3.81. The molecular formula is C10H22N2OS. The number of hydrogen-bond acceptors (Lipinski definition) is 3. The lowest BCUT2D eigenvalue weighted by atomic mass is 10.0. The molecule has 0 aliphatic rings. The van der Waals surface area contributed by atoms with Crippen molar-refractivity contribution in [2.45, 2.75) is 39.3 Å². The highest BCUT2D eigenvalue weighted by Gasteiger charge is 2.18. The molecule has 0 saturated carbocycles. The molecule has 4 heteroatoms. The van der Waals surface area contributed by atoms with Gasteiger partial charge in [0.05, 0.1) is 6.04 Å². The molecule has 2 atom stereocenters. The lowest BCUT2D eigenvalue weighted by molar-refractivity contribution is -0.123. The second kappa shape index (κ2) is 7.12. The fraction of sp³-hybridized carbons (Fsp3) is 0.900. The van der Waals surface area contributed by atoms with Crippen molar-refractivity contribution >= 4 is 17.7 Å². The number of thioether (sulfide) groups is 1. The highest BCUT2D eigenvalue weighted by Crippen LogP contribution is 2.02. The third-order valence-electron chi connectivity index (χ3n) is 2.16. The summed E-state index contributed by atoms with van der Waals surface area (Å²) in [6, 6.07) is -0.161. The van der Waals surface area contributed by atoms with Crippen molar-refractivity contribution < 1.29 is 4.79 Å². The predicted molar refractivity (Wildman–Crippen MR) is 63.4 cm³/mol. The van der Waals surface area contributed by atoms with Crippen LogP contribution in [-0.2, 0) is 4.79 Å². The van der Waals surface area contributed by atoms with Crippen molar-refractivity contribution in [2.75, 3.05) is 12.0 Å². The summed E-state index contributed by atoms with van der Waals surface area (Å²) in [4.78, 5) is 11.5. The van der Waals surface area contributed by atoms with Gasteiger partial charge in [0.1, 0.15) is 0 Å². The zero-order valence-electron chi connectivity index (χ0n) is 9.54. The maximum absolute atomic E-state index is 11.5. The van der Waals surface area contributed by atoms with Crippen LogP contribution in [0.2, 0.25) is 0 Å². The van der Waals surface area contributed by atoms with Gasteiger partial charge in [0, 0.05) is 6.04 Å². The van der Waals surface area contributed by atoms with Gasteiger partial charge >= 0.3 is 0 Å². The highest BCUT2D eigenvalue weighted by atomic mass is 32.2. The maximum Gasteiger partial charge on any atom is 0.237 e. The molecular weight excluding hydrogens is 196 g/mol. The Hall–Kier alpha value is -0.220. The SMILES string of the molecule is CSCCC(C)NC(=O)[C@H](N)C(C)C. The lowest BCUT2D eigenvalue weighted by Gasteiger charge is -2.19. The normalized spacial score (nSPS) is 15.3. The molecule has 0 aliphatic heterocycles. The molecule has 0 saturated heterocycles. The van der Waals surface area contributed by atoms with Crippen LogP contribution in [0.1, 0.15) is 27.2 Å². The molecule has 0 spiro atoms. The number of amides is 1. The zero-order valence-corrected chi connectivity index (χ0v) is 10.4. The summed E-state index contributed by atoms with van der Waals surface area (Å²) < 4.78 is 0. The zero-order chi connectivity index (χ0) is 11.1. The number of hydrogen-bond donors (Lipinski definition) is 2. The molecule has 0 radical (unpaired) electrons. The summed E-state index contributed by atoms with van der Waals surface area (Å²) in [5.41, 5.74) is 5.72. The molecule has 84 valence electrons. The van der Waals surface area contributed by atoms with Gasteiger partial charge in [0.25, 0.3) is 0 Å². The summed E-state index contributed by atoms with van der Waals surface area (Å²) in [7, 11) is 0. The van der Waals surface area contributed by atoms with Crippen LogP contribution >= 0.6 is 11.8 Å². The quantitative estimate of drug-likeness (QED) is 0.705. The lowest BCUT2D eigenvalue weighted by Crippen LogP contribution is -2.47. The average Bonchev–Trinajstić information content (AvgIpc) is 2.13. The summed E-state index contributed by atoms with van der Waals surface area (Å²) in [5.74, 6) is 1.23. The number of nitrogens with two attached hydrogens (primary N) is 1. The predicted octanol–water partition coefficient (Wildman–Crippen LogP) is 1.23.